The van der Waals surface area contributed by atoms with Gasteiger partial charge in [0.05, 0.1) is 0 Å². The molecule has 0 spiro atoms. The lowest BCUT2D eigenvalue weighted by Gasteiger charge is -2.17. The molecule has 1 aromatic heterocycles. The Morgan fingerprint density at radius 2 is 1.47 bits per heavy atom. The van der Waals surface area contributed by atoms with Crippen molar-refractivity contribution in [3.63, 3.8) is 0 Å². The van der Waals surface area contributed by atoms with Crippen molar-refractivity contribution in [3.05, 3.63) is 0 Å². The van der Waals surface area contributed by atoms with Crippen molar-refractivity contribution < 1.29 is 9.59 Å². The van der Waals surface area contributed by atoms with Gasteiger partial charge in [0.2, 0.25) is 18.1 Å². The lowest BCUT2D eigenvalue weighted by Crippen LogP contribution is -2.24. The summed E-state index contributed by atoms with van der Waals surface area (Å²) in [4.78, 5) is 40.2. The van der Waals surface area contributed by atoms with Crippen molar-refractivity contribution in [2.75, 3.05) is 18.0 Å². The topological polar surface area (TPSA) is 101 Å². The van der Waals surface area contributed by atoms with Crippen LogP contribution in [0, 0.1) is 0 Å². The van der Waals surface area contributed by atoms with Gasteiger partial charge in [-0.05, 0) is 13.8 Å². The highest BCUT2D eigenvalue weighted by Crippen LogP contribution is 2.16. The van der Waals surface area contributed by atoms with E-state index in [2.05, 4.69) is 24.9 Å². The molecule has 0 amide bonds. The maximum atomic E-state index is 10.2. The molecule has 0 radical (unpaired) electrons. The predicted octanol–water partition coefficient (Wildman–Crippen LogP) is 0.652. The molecule has 0 unspecified atom stereocenters. The maximum absolute atomic E-state index is 10.2. The standard InChI is InChI=1S/C9H10N6O2/c1-3-15(4-2)9-13-7(10-5-16)12-8(14-9)11-6-17/h3-4H2,1-2H3. The van der Waals surface area contributed by atoms with Gasteiger partial charge in [-0.15, -0.1) is 9.98 Å². The van der Waals surface area contributed by atoms with Gasteiger partial charge in [0.25, 0.3) is 11.9 Å². The summed E-state index contributed by atoms with van der Waals surface area (Å²) in [7, 11) is 0. The van der Waals surface area contributed by atoms with Crippen LogP contribution in [0.1, 0.15) is 13.8 Å². The summed E-state index contributed by atoms with van der Waals surface area (Å²) in [6.45, 7) is 5.15. The Balaban J connectivity index is 3.28. The third-order valence-corrected chi connectivity index (χ3v) is 1.94. The Hall–Kier alpha value is -2.43. The van der Waals surface area contributed by atoms with E-state index in [0.717, 1.165) is 0 Å². The number of isocyanates is 2. The molecule has 0 atom stereocenters. The van der Waals surface area contributed by atoms with E-state index in [1.807, 2.05) is 13.8 Å². The van der Waals surface area contributed by atoms with Gasteiger partial charge in [-0.25, -0.2) is 9.59 Å². The third kappa shape index (κ3) is 3.27. The smallest absolute Gasteiger partial charge is 0.267 e. The van der Waals surface area contributed by atoms with Crippen LogP contribution >= 0.6 is 0 Å². The average Bonchev–Trinajstić information content (AvgIpc) is 2.31. The fourth-order valence-electron chi connectivity index (χ4n) is 1.17. The molecule has 0 aliphatic carbocycles. The van der Waals surface area contributed by atoms with Crippen LogP contribution < -0.4 is 4.90 Å². The molecule has 0 aromatic carbocycles. The van der Waals surface area contributed by atoms with E-state index in [0.29, 0.717) is 19.0 Å². The molecule has 0 aliphatic heterocycles. The fourth-order valence-corrected chi connectivity index (χ4v) is 1.17. The summed E-state index contributed by atoms with van der Waals surface area (Å²) in [5.74, 6) is 0.0322. The lowest BCUT2D eigenvalue weighted by molar-refractivity contribution is 0.564. The summed E-state index contributed by atoms with van der Waals surface area (Å²) in [6.07, 6.45) is 2.64. The highest BCUT2D eigenvalue weighted by molar-refractivity contribution is 5.48. The van der Waals surface area contributed by atoms with Crippen LogP contribution in [-0.4, -0.2) is 40.2 Å². The average molecular weight is 234 g/mol. The Bertz CT molecular complexity index is 450. The Kier molecular flexibility index (Phi) is 4.62. The molecule has 0 aliphatic rings. The molecule has 0 saturated carbocycles. The molecule has 17 heavy (non-hydrogen) atoms. The molecular weight excluding hydrogens is 224 g/mol. The number of hydrogen-bond donors (Lipinski definition) is 0. The fraction of sp³-hybridized carbons (Fsp3) is 0.444. The SMILES string of the molecule is CCN(CC)c1nc(N=C=O)nc(N=C=O)n1. The first-order chi connectivity index (χ1) is 8.24. The van der Waals surface area contributed by atoms with Crippen molar-refractivity contribution in [1.82, 2.24) is 15.0 Å². The first-order valence-corrected chi connectivity index (χ1v) is 4.91. The van der Waals surface area contributed by atoms with E-state index in [-0.39, 0.29) is 11.9 Å². The molecular formula is C9H10N6O2. The summed E-state index contributed by atoms with van der Waals surface area (Å²) >= 11 is 0. The Morgan fingerprint density at radius 1 is 1.00 bits per heavy atom. The molecule has 8 heteroatoms. The van der Waals surface area contributed by atoms with Crippen LogP contribution in [0.4, 0.5) is 17.8 Å². The third-order valence-electron chi connectivity index (χ3n) is 1.94. The number of aliphatic imine (C=N–C) groups is 2. The van der Waals surface area contributed by atoms with Crippen molar-refractivity contribution in [1.29, 1.82) is 0 Å². The maximum Gasteiger partial charge on any atom is 0.267 e. The normalized spacial score (nSPS) is 9.06. The van der Waals surface area contributed by atoms with E-state index < -0.39 is 0 Å². The minimum absolute atomic E-state index is 0.133. The lowest BCUT2D eigenvalue weighted by atomic mass is 10.5. The second-order valence-corrected chi connectivity index (χ2v) is 2.81. The van der Waals surface area contributed by atoms with Crippen molar-refractivity contribution >= 4 is 30.0 Å². The number of aromatic nitrogens is 3. The second kappa shape index (κ2) is 6.22. The molecule has 8 nitrogen and oxygen atoms in total. The van der Waals surface area contributed by atoms with Gasteiger partial charge in [0.1, 0.15) is 0 Å². The molecule has 0 bridgehead atoms. The minimum atomic E-state index is -0.133. The second-order valence-electron chi connectivity index (χ2n) is 2.81. The summed E-state index contributed by atoms with van der Waals surface area (Å²) in [5, 5.41) is 0. The highest BCUT2D eigenvalue weighted by atomic mass is 16.1. The molecule has 1 rings (SSSR count). The molecule has 0 N–H and O–H groups in total. The zero-order valence-corrected chi connectivity index (χ0v) is 9.41. The van der Waals surface area contributed by atoms with E-state index in [1.165, 1.54) is 12.2 Å². The van der Waals surface area contributed by atoms with Gasteiger partial charge >= 0.3 is 0 Å². The highest BCUT2D eigenvalue weighted by Gasteiger charge is 2.10. The van der Waals surface area contributed by atoms with E-state index >= 15 is 0 Å². The molecule has 1 aromatic rings. The van der Waals surface area contributed by atoms with Crippen LogP contribution in [0.2, 0.25) is 0 Å². The Labute approximate surface area is 97.2 Å². The number of rotatable bonds is 5. The largest absolute Gasteiger partial charge is 0.341 e. The number of anilines is 1. The predicted molar refractivity (Wildman–Crippen MR) is 59.0 cm³/mol. The minimum Gasteiger partial charge on any atom is -0.341 e. The zero-order valence-electron chi connectivity index (χ0n) is 9.41. The summed E-state index contributed by atoms with van der Waals surface area (Å²) < 4.78 is 0. The van der Waals surface area contributed by atoms with Crippen molar-refractivity contribution in [3.8, 4) is 0 Å². The van der Waals surface area contributed by atoms with Gasteiger partial charge in [-0.1, -0.05) is 0 Å². The van der Waals surface area contributed by atoms with Gasteiger partial charge in [0.15, 0.2) is 0 Å². The molecule has 0 fully saturated rings. The number of nitrogens with zero attached hydrogens (tertiary/aromatic N) is 6. The van der Waals surface area contributed by atoms with Gasteiger partial charge < -0.3 is 4.90 Å². The van der Waals surface area contributed by atoms with Gasteiger partial charge in [-0.3, -0.25) is 0 Å². The monoisotopic (exact) mass is 234 g/mol. The van der Waals surface area contributed by atoms with Crippen molar-refractivity contribution in [2.45, 2.75) is 13.8 Å². The van der Waals surface area contributed by atoms with E-state index in [9.17, 15) is 9.59 Å². The first-order valence-electron chi connectivity index (χ1n) is 4.91. The first kappa shape index (κ1) is 12.6. The number of hydrogen-bond acceptors (Lipinski definition) is 8. The van der Waals surface area contributed by atoms with Crippen LogP contribution in [-0.2, 0) is 9.59 Å². The van der Waals surface area contributed by atoms with E-state index in [1.54, 1.807) is 4.90 Å². The van der Waals surface area contributed by atoms with E-state index in [4.69, 9.17) is 0 Å². The Morgan fingerprint density at radius 3 is 1.82 bits per heavy atom. The molecule has 0 saturated heterocycles. The molecule has 88 valence electrons. The summed E-state index contributed by atoms with van der Waals surface area (Å²) in [5.41, 5.74) is 0. The van der Waals surface area contributed by atoms with Gasteiger partial charge in [0, 0.05) is 13.1 Å². The van der Waals surface area contributed by atoms with Crippen LogP contribution in [0.5, 0.6) is 0 Å². The zero-order chi connectivity index (χ0) is 12.7. The van der Waals surface area contributed by atoms with Crippen LogP contribution in [0.3, 0.4) is 0 Å². The summed E-state index contributed by atoms with van der Waals surface area (Å²) in [6, 6.07) is 0. The molecule has 1 heterocycles. The number of carbonyl (C=O) groups excluding carboxylic acids is 2. The van der Waals surface area contributed by atoms with Crippen molar-refractivity contribution in [2.24, 2.45) is 9.98 Å². The van der Waals surface area contributed by atoms with Crippen LogP contribution in [0.25, 0.3) is 0 Å². The quantitative estimate of drug-likeness (QED) is 0.547. The van der Waals surface area contributed by atoms with Crippen LogP contribution in [0.15, 0.2) is 9.98 Å². The van der Waals surface area contributed by atoms with Gasteiger partial charge in [-0.2, -0.15) is 15.0 Å².